The van der Waals surface area contributed by atoms with Crippen molar-refractivity contribution in [2.45, 2.75) is 30.7 Å². The zero-order valence-electron chi connectivity index (χ0n) is 20.9. The van der Waals surface area contributed by atoms with E-state index in [0.29, 0.717) is 34.3 Å². The van der Waals surface area contributed by atoms with Gasteiger partial charge in [0.2, 0.25) is 15.9 Å². The van der Waals surface area contributed by atoms with Crippen molar-refractivity contribution in [3.05, 3.63) is 86.2 Å². The van der Waals surface area contributed by atoms with Crippen molar-refractivity contribution in [1.29, 1.82) is 5.26 Å². The third-order valence-electron chi connectivity index (χ3n) is 6.62. The summed E-state index contributed by atoms with van der Waals surface area (Å²) >= 11 is 1.36. The zero-order valence-corrected chi connectivity index (χ0v) is 22.5. The first-order valence-electron chi connectivity index (χ1n) is 12.0. The van der Waals surface area contributed by atoms with Crippen molar-refractivity contribution in [2.75, 3.05) is 6.61 Å². The van der Waals surface area contributed by atoms with E-state index in [1.54, 1.807) is 41.9 Å². The molecule has 0 atom stereocenters. The largest absolute Gasteiger partial charge is 0.474 e. The Labute approximate surface area is 228 Å². The van der Waals surface area contributed by atoms with E-state index in [1.807, 2.05) is 6.07 Å². The number of carbonyl (C=O) groups excluding carboxylic acids is 1. The van der Waals surface area contributed by atoms with Crippen LogP contribution in [0.3, 0.4) is 0 Å². The Morgan fingerprint density at radius 2 is 1.95 bits per heavy atom. The summed E-state index contributed by atoms with van der Waals surface area (Å²) < 4.78 is 34.7. The van der Waals surface area contributed by atoms with Gasteiger partial charge in [0, 0.05) is 36.8 Å². The van der Waals surface area contributed by atoms with Gasteiger partial charge in [-0.15, -0.1) is 11.3 Å². The summed E-state index contributed by atoms with van der Waals surface area (Å²) in [5.74, 6) is -0.437. The first kappa shape index (κ1) is 26.5. The molecule has 11 nitrogen and oxygen atoms in total. The molecule has 1 aliphatic carbocycles. The van der Waals surface area contributed by atoms with Crippen LogP contribution < -0.4 is 20.3 Å². The number of pyridine rings is 2. The van der Waals surface area contributed by atoms with Crippen molar-refractivity contribution in [3.8, 4) is 11.9 Å². The Morgan fingerprint density at radius 3 is 2.62 bits per heavy atom. The molecular weight excluding hydrogens is 540 g/mol. The summed E-state index contributed by atoms with van der Waals surface area (Å²) in [6.07, 6.45) is 3.97. The molecule has 3 aromatic heterocycles. The normalized spacial score (nSPS) is 14.1. The smallest absolute Gasteiger partial charge is 0.263 e. The standard InChI is InChI=1S/C26H24N6O5S2/c1-32-22-19(12-20(25(32)34)23(33)30-14-18-4-2-17(13-27)3-5-18)6-9-29-24(22)37-16-26(7-8-26)39(35,36)31-15-21-28-10-11-38-21/h2-6,9-12,31H,7-8,14-16H2,1H3,(H,30,33). The van der Waals surface area contributed by atoms with Gasteiger partial charge in [0.1, 0.15) is 27.4 Å². The topological polar surface area (TPSA) is 156 Å². The fourth-order valence-electron chi connectivity index (χ4n) is 4.12. The molecule has 0 saturated heterocycles. The number of benzene rings is 1. The van der Waals surface area contributed by atoms with Crippen molar-refractivity contribution >= 4 is 38.2 Å². The summed E-state index contributed by atoms with van der Waals surface area (Å²) in [4.78, 5) is 34.3. The molecule has 0 bridgehead atoms. The van der Waals surface area contributed by atoms with E-state index in [0.717, 1.165) is 5.56 Å². The van der Waals surface area contributed by atoms with E-state index in [9.17, 15) is 18.0 Å². The van der Waals surface area contributed by atoms with Crippen LogP contribution in [0.2, 0.25) is 0 Å². The maximum absolute atomic E-state index is 13.1. The number of nitrogens with zero attached hydrogens (tertiary/aromatic N) is 4. The maximum Gasteiger partial charge on any atom is 0.263 e. The van der Waals surface area contributed by atoms with Gasteiger partial charge >= 0.3 is 0 Å². The molecule has 1 aliphatic rings. The number of ether oxygens (including phenoxy) is 1. The van der Waals surface area contributed by atoms with E-state index in [2.05, 4.69) is 20.0 Å². The summed E-state index contributed by atoms with van der Waals surface area (Å²) in [6.45, 7) is 0.162. The highest BCUT2D eigenvalue weighted by Crippen LogP contribution is 2.43. The number of hydrogen-bond acceptors (Lipinski definition) is 9. The van der Waals surface area contributed by atoms with Crippen molar-refractivity contribution in [2.24, 2.45) is 7.05 Å². The first-order chi connectivity index (χ1) is 18.7. The second kappa shape index (κ2) is 10.6. The Bertz CT molecular complexity index is 1740. The number of aromatic nitrogens is 3. The minimum Gasteiger partial charge on any atom is -0.474 e. The van der Waals surface area contributed by atoms with Crippen LogP contribution in [0.15, 0.2) is 59.0 Å². The SMILES string of the molecule is Cn1c(=O)c(C(=O)NCc2ccc(C#N)cc2)cc2ccnc(OCC3(S(=O)(=O)NCc4nccs4)CC3)c21. The number of amides is 1. The van der Waals surface area contributed by atoms with Crippen LogP contribution in [0.5, 0.6) is 5.88 Å². The number of nitrogens with one attached hydrogen (secondary N) is 2. The molecule has 1 aromatic carbocycles. The number of carbonyl (C=O) groups is 1. The van der Waals surface area contributed by atoms with E-state index >= 15 is 0 Å². The van der Waals surface area contributed by atoms with Crippen LogP contribution in [-0.4, -0.2) is 40.2 Å². The Hall–Kier alpha value is -4.12. The molecule has 1 saturated carbocycles. The zero-order chi connectivity index (χ0) is 27.6. The molecule has 13 heteroatoms. The fraction of sp³-hybridized carbons (Fsp3) is 0.269. The number of thiazole rings is 1. The molecule has 39 heavy (non-hydrogen) atoms. The third-order valence-corrected chi connectivity index (χ3v) is 9.59. The lowest BCUT2D eigenvalue weighted by Crippen LogP contribution is -2.39. The molecule has 5 rings (SSSR count). The number of sulfonamides is 1. The van der Waals surface area contributed by atoms with E-state index in [4.69, 9.17) is 10.00 Å². The second-order valence-corrected chi connectivity index (χ2v) is 12.3. The van der Waals surface area contributed by atoms with Crippen LogP contribution in [0.25, 0.3) is 10.9 Å². The molecule has 0 aliphatic heterocycles. The Morgan fingerprint density at radius 1 is 1.18 bits per heavy atom. The molecule has 3 heterocycles. The number of nitriles is 1. The van der Waals surface area contributed by atoms with Crippen LogP contribution >= 0.6 is 11.3 Å². The minimum absolute atomic E-state index is 0.0524. The lowest BCUT2D eigenvalue weighted by molar-refractivity contribution is 0.0949. The number of rotatable bonds is 10. The molecule has 0 unspecified atom stereocenters. The van der Waals surface area contributed by atoms with Gasteiger partial charge < -0.3 is 14.6 Å². The quantitative estimate of drug-likeness (QED) is 0.297. The third kappa shape index (κ3) is 5.40. The predicted molar refractivity (Wildman–Crippen MR) is 145 cm³/mol. The Kier molecular flexibility index (Phi) is 7.17. The van der Waals surface area contributed by atoms with Crippen LogP contribution in [0.1, 0.15) is 39.3 Å². The second-order valence-electron chi connectivity index (χ2n) is 9.19. The van der Waals surface area contributed by atoms with Crippen LogP contribution in [0, 0.1) is 11.3 Å². The van der Waals surface area contributed by atoms with Crippen molar-refractivity contribution in [3.63, 3.8) is 0 Å². The molecule has 0 spiro atoms. The lowest BCUT2D eigenvalue weighted by atomic mass is 10.1. The summed E-state index contributed by atoms with van der Waals surface area (Å²) in [5.41, 5.74) is 1.05. The average molecular weight is 565 g/mol. The van der Waals surface area contributed by atoms with Gasteiger partial charge in [-0.2, -0.15) is 5.26 Å². The van der Waals surface area contributed by atoms with Gasteiger partial charge in [-0.1, -0.05) is 12.1 Å². The summed E-state index contributed by atoms with van der Waals surface area (Å²) in [6, 6.07) is 11.9. The minimum atomic E-state index is -3.69. The Balaban J connectivity index is 1.32. The number of hydrogen-bond donors (Lipinski definition) is 2. The summed E-state index contributed by atoms with van der Waals surface area (Å²) in [5, 5.41) is 14.6. The van der Waals surface area contributed by atoms with Gasteiger partial charge in [0.25, 0.3) is 11.5 Å². The van der Waals surface area contributed by atoms with E-state index in [1.165, 1.54) is 35.2 Å². The van der Waals surface area contributed by atoms with Crippen LogP contribution in [0.4, 0.5) is 0 Å². The van der Waals surface area contributed by atoms with Crippen molar-refractivity contribution < 1.29 is 17.9 Å². The summed E-state index contributed by atoms with van der Waals surface area (Å²) in [7, 11) is -2.18. The molecular formula is C26H24N6O5S2. The molecule has 0 radical (unpaired) electrons. The average Bonchev–Trinajstić information content (AvgIpc) is 3.57. The fourth-order valence-corrected chi connectivity index (χ4v) is 6.26. The van der Waals surface area contributed by atoms with Gasteiger partial charge in [-0.25, -0.2) is 23.1 Å². The molecule has 2 N–H and O–H groups in total. The highest BCUT2D eigenvalue weighted by molar-refractivity contribution is 7.91. The van der Waals surface area contributed by atoms with Gasteiger partial charge in [0.05, 0.1) is 18.2 Å². The van der Waals surface area contributed by atoms with Crippen LogP contribution in [-0.2, 0) is 30.2 Å². The predicted octanol–water partition coefficient (Wildman–Crippen LogP) is 2.22. The highest BCUT2D eigenvalue weighted by atomic mass is 32.2. The van der Waals surface area contributed by atoms with E-state index in [-0.39, 0.29) is 31.1 Å². The molecule has 1 amide bonds. The number of aryl methyl sites for hydroxylation is 1. The molecule has 200 valence electrons. The van der Waals surface area contributed by atoms with Crippen molar-refractivity contribution in [1.82, 2.24) is 24.6 Å². The molecule has 4 aromatic rings. The van der Waals surface area contributed by atoms with Gasteiger partial charge in [0.15, 0.2) is 0 Å². The highest BCUT2D eigenvalue weighted by Gasteiger charge is 2.55. The molecule has 1 fully saturated rings. The van der Waals surface area contributed by atoms with Gasteiger partial charge in [-0.3, -0.25) is 9.59 Å². The van der Waals surface area contributed by atoms with Gasteiger partial charge in [-0.05, 0) is 42.7 Å². The maximum atomic E-state index is 13.1. The first-order valence-corrected chi connectivity index (χ1v) is 14.4. The van der Waals surface area contributed by atoms with E-state index < -0.39 is 26.2 Å². The monoisotopic (exact) mass is 564 g/mol. The lowest BCUT2D eigenvalue weighted by Gasteiger charge is -2.18. The number of fused-ring (bicyclic) bond motifs is 1.